The summed E-state index contributed by atoms with van der Waals surface area (Å²) in [6, 6.07) is 18.0. The monoisotopic (exact) mass is 365 g/mol. The largest absolute Gasteiger partial charge is 0.375 e. The molecule has 1 atom stereocenters. The van der Waals surface area contributed by atoms with E-state index >= 15 is 0 Å². The molecule has 3 aromatic carbocycles. The molecular weight excluding hydrogens is 350 g/mol. The van der Waals surface area contributed by atoms with Crippen LogP contribution < -0.4 is 4.90 Å². The predicted molar refractivity (Wildman–Crippen MR) is 102 cm³/mol. The molecule has 0 aromatic heterocycles. The zero-order valence-corrected chi connectivity index (χ0v) is 14.8. The Balaban J connectivity index is 1.72. The molecule has 0 fully saturated rings. The number of aliphatic hydroxyl groups is 1. The lowest BCUT2D eigenvalue weighted by Crippen LogP contribution is -2.40. The van der Waals surface area contributed by atoms with Gasteiger partial charge in [0.1, 0.15) is 0 Å². The third-order valence-electron chi connectivity index (χ3n) is 4.91. The van der Waals surface area contributed by atoms with Crippen LogP contribution in [0.15, 0.2) is 60.7 Å². The lowest BCUT2D eigenvalue weighted by Gasteiger charge is -2.21. The van der Waals surface area contributed by atoms with Crippen LogP contribution in [0.25, 0.3) is 10.8 Å². The van der Waals surface area contributed by atoms with Crippen molar-refractivity contribution in [1.82, 2.24) is 0 Å². The van der Waals surface area contributed by atoms with E-state index < -0.39 is 11.5 Å². The van der Waals surface area contributed by atoms with Crippen LogP contribution in [0, 0.1) is 0 Å². The van der Waals surface area contributed by atoms with Gasteiger partial charge in [-0.2, -0.15) is 0 Å². The number of fused-ring (bicyclic) bond motifs is 2. The van der Waals surface area contributed by atoms with E-state index in [0.29, 0.717) is 21.8 Å². The van der Waals surface area contributed by atoms with Gasteiger partial charge in [0.25, 0.3) is 5.91 Å². The summed E-state index contributed by atoms with van der Waals surface area (Å²) in [4.78, 5) is 26.8. The third-order valence-corrected chi connectivity index (χ3v) is 5.15. The molecule has 0 spiro atoms. The van der Waals surface area contributed by atoms with Gasteiger partial charge in [0.2, 0.25) is 0 Å². The Kier molecular flexibility index (Phi) is 3.83. The zero-order chi connectivity index (χ0) is 18.5. The van der Waals surface area contributed by atoms with Crippen molar-refractivity contribution in [1.29, 1.82) is 0 Å². The molecule has 0 bridgehead atoms. The van der Waals surface area contributed by atoms with E-state index in [-0.39, 0.29) is 12.2 Å². The Hall–Kier alpha value is -2.69. The fourth-order valence-electron chi connectivity index (χ4n) is 3.50. The van der Waals surface area contributed by atoms with E-state index in [0.717, 1.165) is 10.8 Å². The molecule has 0 saturated heterocycles. The van der Waals surface area contributed by atoms with Crippen LogP contribution in [0.1, 0.15) is 22.3 Å². The summed E-state index contributed by atoms with van der Waals surface area (Å²) in [6.45, 7) is 0. The number of hydrogen-bond donors (Lipinski definition) is 1. The Morgan fingerprint density at radius 2 is 1.81 bits per heavy atom. The van der Waals surface area contributed by atoms with E-state index in [1.807, 2.05) is 30.3 Å². The smallest absolute Gasteiger partial charge is 0.263 e. The molecule has 1 heterocycles. The van der Waals surface area contributed by atoms with Crippen LogP contribution in [0.5, 0.6) is 0 Å². The van der Waals surface area contributed by atoms with E-state index in [4.69, 9.17) is 11.6 Å². The predicted octanol–water partition coefficient (Wildman–Crippen LogP) is 3.93. The molecule has 1 aliphatic heterocycles. The molecule has 0 radical (unpaired) electrons. The van der Waals surface area contributed by atoms with Gasteiger partial charge in [0, 0.05) is 23.2 Å². The SMILES string of the molecule is CN1C(=O)[C@@](O)(CC(=O)c2ccc3ccccc3c2)c2cc(Cl)ccc21. The number of Topliss-reactive ketones (excluding diaryl/α,β-unsaturated/α-hetero) is 1. The Labute approximate surface area is 155 Å². The normalized spacial score (nSPS) is 19.0. The van der Waals surface area contributed by atoms with Gasteiger partial charge in [-0.3, -0.25) is 9.59 Å². The molecule has 0 unspecified atom stereocenters. The molecule has 1 aliphatic rings. The highest BCUT2D eigenvalue weighted by molar-refractivity contribution is 6.31. The van der Waals surface area contributed by atoms with Crippen LogP contribution in [0.4, 0.5) is 5.69 Å². The first kappa shape index (κ1) is 16.8. The van der Waals surface area contributed by atoms with E-state index in [9.17, 15) is 14.7 Å². The number of likely N-dealkylation sites (N-methyl/N-ethyl adjacent to an activating group) is 1. The maximum Gasteiger partial charge on any atom is 0.263 e. The van der Waals surface area contributed by atoms with Gasteiger partial charge in [-0.05, 0) is 35.0 Å². The van der Waals surface area contributed by atoms with Gasteiger partial charge in [-0.1, -0.05) is 48.0 Å². The zero-order valence-electron chi connectivity index (χ0n) is 14.1. The maximum absolute atomic E-state index is 12.8. The standard InChI is InChI=1S/C21H16ClNO3/c1-23-18-9-8-16(22)11-17(18)21(26,20(23)25)12-19(24)15-7-6-13-4-2-3-5-14(13)10-15/h2-11,26H,12H2,1H3/t21-/m1/s1. The Morgan fingerprint density at radius 3 is 2.58 bits per heavy atom. The van der Waals surface area contributed by atoms with Gasteiger partial charge in [-0.15, -0.1) is 0 Å². The lowest BCUT2D eigenvalue weighted by molar-refractivity contribution is -0.135. The second kappa shape index (κ2) is 5.94. The first-order valence-corrected chi connectivity index (χ1v) is 8.60. The first-order chi connectivity index (χ1) is 12.4. The molecule has 0 aliphatic carbocycles. The van der Waals surface area contributed by atoms with E-state index in [1.165, 1.54) is 4.90 Å². The number of anilines is 1. The third kappa shape index (κ3) is 2.50. The summed E-state index contributed by atoms with van der Waals surface area (Å²) in [7, 11) is 1.58. The first-order valence-electron chi connectivity index (χ1n) is 8.23. The van der Waals surface area contributed by atoms with Crippen molar-refractivity contribution in [3.63, 3.8) is 0 Å². The van der Waals surface area contributed by atoms with Gasteiger partial charge in [0.05, 0.1) is 12.1 Å². The van der Waals surface area contributed by atoms with Crippen LogP contribution in [-0.4, -0.2) is 23.8 Å². The average Bonchev–Trinajstić information content (AvgIpc) is 2.82. The van der Waals surface area contributed by atoms with Crippen molar-refractivity contribution in [2.75, 3.05) is 11.9 Å². The quantitative estimate of drug-likeness (QED) is 0.715. The van der Waals surface area contributed by atoms with Crippen LogP contribution >= 0.6 is 11.6 Å². The highest BCUT2D eigenvalue weighted by Crippen LogP contribution is 2.43. The summed E-state index contributed by atoms with van der Waals surface area (Å²) in [6.07, 6.45) is -0.331. The Morgan fingerprint density at radius 1 is 1.08 bits per heavy atom. The summed E-state index contributed by atoms with van der Waals surface area (Å²) in [5.41, 5.74) is -0.513. The molecule has 4 rings (SSSR count). The molecule has 0 saturated carbocycles. The number of carbonyl (C=O) groups excluding carboxylic acids is 2. The number of amides is 1. The highest BCUT2D eigenvalue weighted by atomic mass is 35.5. The number of rotatable bonds is 3. The molecule has 26 heavy (non-hydrogen) atoms. The van der Waals surface area contributed by atoms with Crippen molar-refractivity contribution in [2.24, 2.45) is 0 Å². The van der Waals surface area contributed by atoms with E-state index in [1.54, 1.807) is 37.4 Å². The lowest BCUT2D eigenvalue weighted by atomic mass is 9.87. The van der Waals surface area contributed by atoms with Crippen molar-refractivity contribution in [3.8, 4) is 0 Å². The molecule has 130 valence electrons. The van der Waals surface area contributed by atoms with Crippen molar-refractivity contribution >= 4 is 39.8 Å². The van der Waals surface area contributed by atoms with Crippen LogP contribution in [0.3, 0.4) is 0 Å². The second-order valence-electron chi connectivity index (χ2n) is 6.55. The number of halogens is 1. The Bertz CT molecular complexity index is 1060. The molecule has 3 aromatic rings. The molecule has 1 amide bonds. The summed E-state index contributed by atoms with van der Waals surface area (Å²) in [5.74, 6) is -0.822. The molecule has 5 heteroatoms. The van der Waals surface area contributed by atoms with Crippen LogP contribution in [-0.2, 0) is 10.4 Å². The number of hydrogen-bond acceptors (Lipinski definition) is 3. The number of benzene rings is 3. The summed E-state index contributed by atoms with van der Waals surface area (Å²) in [5, 5.41) is 13.4. The molecule has 4 nitrogen and oxygen atoms in total. The maximum atomic E-state index is 12.8. The second-order valence-corrected chi connectivity index (χ2v) is 6.98. The molecule has 1 N–H and O–H groups in total. The topological polar surface area (TPSA) is 57.6 Å². The fraction of sp³-hybridized carbons (Fsp3) is 0.143. The van der Waals surface area contributed by atoms with Crippen molar-refractivity contribution in [3.05, 3.63) is 76.8 Å². The minimum atomic E-state index is -1.91. The van der Waals surface area contributed by atoms with E-state index in [2.05, 4.69) is 0 Å². The minimum Gasteiger partial charge on any atom is -0.375 e. The highest BCUT2D eigenvalue weighted by Gasteiger charge is 2.49. The number of nitrogens with zero attached hydrogens (tertiary/aromatic N) is 1. The fourth-order valence-corrected chi connectivity index (χ4v) is 3.67. The van der Waals surface area contributed by atoms with Gasteiger partial charge in [-0.25, -0.2) is 0 Å². The number of ketones is 1. The summed E-state index contributed by atoms with van der Waals surface area (Å²) < 4.78 is 0. The van der Waals surface area contributed by atoms with Gasteiger partial charge < -0.3 is 10.0 Å². The molecular formula is C21H16ClNO3. The van der Waals surface area contributed by atoms with Crippen molar-refractivity contribution in [2.45, 2.75) is 12.0 Å². The van der Waals surface area contributed by atoms with Gasteiger partial charge in [0.15, 0.2) is 11.4 Å². The van der Waals surface area contributed by atoms with Crippen LogP contribution in [0.2, 0.25) is 5.02 Å². The van der Waals surface area contributed by atoms with Crippen molar-refractivity contribution < 1.29 is 14.7 Å². The summed E-state index contributed by atoms with van der Waals surface area (Å²) >= 11 is 6.04. The minimum absolute atomic E-state index is 0.298. The van der Waals surface area contributed by atoms with Gasteiger partial charge >= 0.3 is 0 Å². The number of carbonyl (C=O) groups is 2. The average molecular weight is 366 g/mol.